The fourth-order valence-corrected chi connectivity index (χ4v) is 3.04. The Balaban J connectivity index is 1.86. The number of ether oxygens (including phenoxy) is 2. The molecular weight excluding hydrogens is 322 g/mol. The summed E-state index contributed by atoms with van der Waals surface area (Å²) >= 11 is 0. The van der Waals surface area contributed by atoms with Crippen LogP contribution in [0.15, 0.2) is 18.2 Å². The Labute approximate surface area is 146 Å². The van der Waals surface area contributed by atoms with Gasteiger partial charge < -0.3 is 24.7 Å². The molecule has 0 radical (unpaired) electrons. The minimum atomic E-state index is -0.467. The topological polar surface area (TPSA) is 84.9 Å². The van der Waals surface area contributed by atoms with E-state index >= 15 is 0 Å². The van der Waals surface area contributed by atoms with Gasteiger partial charge in [0.05, 0.1) is 25.5 Å². The average molecular weight is 346 g/mol. The van der Waals surface area contributed by atoms with Crippen molar-refractivity contribution in [2.75, 3.05) is 44.8 Å². The number of anilines is 1. The third-order valence-corrected chi connectivity index (χ3v) is 4.31. The van der Waals surface area contributed by atoms with Crippen LogP contribution >= 0.6 is 0 Å². The van der Waals surface area contributed by atoms with Crippen molar-refractivity contribution in [3.8, 4) is 0 Å². The zero-order valence-electron chi connectivity index (χ0n) is 14.6. The lowest BCUT2D eigenvalue weighted by molar-refractivity contribution is -0.899. The summed E-state index contributed by atoms with van der Waals surface area (Å²) in [5, 5.41) is 3.73. The Morgan fingerprint density at radius 1 is 1.32 bits per heavy atom. The van der Waals surface area contributed by atoms with Crippen LogP contribution in [0.3, 0.4) is 0 Å². The van der Waals surface area contributed by atoms with Crippen LogP contribution in [0, 0.1) is 6.92 Å². The van der Waals surface area contributed by atoms with Gasteiger partial charge in [-0.15, -0.1) is 0 Å². The Hall–Kier alpha value is -2.38. The van der Waals surface area contributed by atoms with Crippen molar-refractivity contribution in [2.45, 2.75) is 13.8 Å². The number of H-pyrrole nitrogens is 1. The number of aryl methyl sites for hydroxylation is 1. The number of morpholine rings is 1. The first-order valence-electron chi connectivity index (χ1n) is 8.59. The predicted molar refractivity (Wildman–Crippen MR) is 94.0 cm³/mol. The molecule has 0 spiro atoms. The number of aromatic amines is 1. The lowest BCUT2D eigenvalue weighted by atomic mass is 10.1. The monoisotopic (exact) mass is 346 g/mol. The molecule has 0 aliphatic carbocycles. The van der Waals surface area contributed by atoms with Crippen LogP contribution in [-0.2, 0) is 14.3 Å². The Kier molecular flexibility index (Phi) is 5.35. The van der Waals surface area contributed by atoms with Crippen LogP contribution in [0.5, 0.6) is 0 Å². The van der Waals surface area contributed by atoms with Crippen molar-refractivity contribution < 1.29 is 24.0 Å². The predicted octanol–water partition coefficient (Wildman–Crippen LogP) is 0.507. The molecule has 2 heterocycles. The van der Waals surface area contributed by atoms with Gasteiger partial charge in [0, 0.05) is 10.9 Å². The fourth-order valence-electron chi connectivity index (χ4n) is 3.04. The van der Waals surface area contributed by atoms with E-state index < -0.39 is 5.97 Å². The first-order chi connectivity index (χ1) is 12.1. The van der Waals surface area contributed by atoms with Crippen molar-refractivity contribution in [1.29, 1.82) is 0 Å². The zero-order chi connectivity index (χ0) is 17.8. The minimum Gasteiger partial charge on any atom is -0.461 e. The molecule has 1 aliphatic rings. The molecule has 0 bridgehead atoms. The molecule has 1 aromatic heterocycles. The van der Waals surface area contributed by atoms with E-state index in [0.717, 1.165) is 29.6 Å². The smallest absolute Gasteiger partial charge is 0.356 e. The Morgan fingerprint density at radius 3 is 2.80 bits per heavy atom. The minimum absolute atomic E-state index is 0.121. The van der Waals surface area contributed by atoms with E-state index in [-0.39, 0.29) is 18.2 Å². The van der Waals surface area contributed by atoms with Crippen molar-refractivity contribution in [2.24, 2.45) is 0 Å². The number of benzene rings is 1. The number of hydrogen-bond donors (Lipinski definition) is 3. The van der Waals surface area contributed by atoms with E-state index in [1.165, 1.54) is 4.90 Å². The van der Waals surface area contributed by atoms with Gasteiger partial charge in [-0.05, 0) is 26.0 Å². The van der Waals surface area contributed by atoms with Crippen LogP contribution in [0.1, 0.15) is 23.0 Å². The van der Waals surface area contributed by atoms with Crippen LogP contribution in [0.25, 0.3) is 10.9 Å². The lowest BCUT2D eigenvalue weighted by Gasteiger charge is -2.23. The molecule has 0 unspecified atom stereocenters. The molecule has 1 saturated heterocycles. The van der Waals surface area contributed by atoms with Gasteiger partial charge in [-0.2, -0.15) is 0 Å². The number of rotatable bonds is 5. The average Bonchev–Trinajstić information content (AvgIpc) is 2.94. The SMILES string of the molecule is CCOC(=O)c1[nH]c2ccc(C)cc2c1NC(=O)C[NH+]1CCOCC1. The van der Waals surface area contributed by atoms with Gasteiger partial charge in [-0.3, -0.25) is 4.79 Å². The Bertz CT molecular complexity index is 778. The number of amides is 1. The van der Waals surface area contributed by atoms with E-state index in [4.69, 9.17) is 9.47 Å². The highest BCUT2D eigenvalue weighted by Crippen LogP contribution is 2.29. The second-order valence-electron chi connectivity index (χ2n) is 6.23. The molecule has 7 nitrogen and oxygen atoms in total. The summed E-state index contributed by atoms with van der Waals surface area (Å²) in [6.07, 6.45) is 0. The largest absolute Gasteiger partial charge is 0.461 e. The van der Waals surface area contributed by atoms with Gasteiger partial charge in [0.15, 0.2) is 6.54 Å². The molecule has 7 heteroatoms. The summed E-state index contributed by atoms with van der Waals surface area (Å²) < 4.78 is 10.4. The van der Waals surface area contributed by atoms with Gasteiger partial charge >= 0.3 is 5.97 Å². The number of esters is 1. The number of hydrogen-bond acceptors (Lipinski definition) is 4. The molecule has 0 saturated carbocycles. The van der Waals surface area contributed by atoms with Crippen molar-refractivity contribution in [1.82, 2.24) is 4.98 Å². The van der Waals surface area contributed by atoms with Gasteiger partial charge in [0.25, 0.3) is 5.91 Å². The fraction of sp³-hybridized carbons (Fsp3) is 0.444. The molecule has 1 aromatic carbocycles. The maximum Gasteiger partial charge on any atom is 0.356 e. The molecule has 1 fully saturated rings. The number of nitrogens with one attached hydrogen (secondary N) is 3. The molecule has 25 heavy (non-hydrogen) atoms. The third-order valence-electron chi connectivity index (χ3n) is 4.31. The summed E-state index contributed by atoms with van der Waals surface area (Å²) in [6, 6.07) is 5.80. The van der Waals surface area contributed by atoms with Gasteiger partial charge in [0.1, 0.15) is 18.8 Å². The Morgan fingerprint density at radius 2 is 2.08 bits per heavy atom. The van der Waals surface area contributed by atoms with Crippen LogP contribution in [-0.4, -0.2) is 56.3 Å². The van der Waals surface area contributed by atoms with E-state index in [1.807, 2.05) is 25.1 Å². The van der Waals surface area contributed by atoms with Gasteiger partial charge in [0.2, 0.25) is 0 Å². The lowest BCUT2D eigenvalue weighted by Crippen LogP contribution is -3.15. The van der Waals surface area contributed by atoms with Crippen LogP contribution < -0.4 is 10.2 Å². The highest BCUT2D eigenvalue weighted by molar-refractivity contribution is 6.11. The standard InChI is InChI=1S/C18H23N3O4/c1-3-25-18(23)17-16(13-10-12(2)4-5-14(13)19-17)20-15(22)11-21-6-8-24-9-7-21/h4-5,10,19H,3,6-9,11H2,1-2H3,(H,20,22)/p+1. The maximum atomic E-state index is 12.5. The third kappa shape index (κ3) is 4.00. The van der Waals surface area contributed by atoms with E-state index in [1.54, 1.807) is 6.92 Å². The molecular formula is C18H24N3O4+. The zero-order valence-corrected chi connectivity index (χ0v) is 14.6. The van der Waals surface area contributed by atoms with Crippen LogP contribution in [0.2, 0.25) is 0 Å². The van der Waals surface area contributed by atoms with Crippen LogP contribution in [0.4, 0.5) is 5.69 Å². The second kappa shape index (κ2) is 7.67. The van der Waals surface area contributed by atoms with E-state index in [2.05, 4.69) is 10.3 Å². The molecule has 1 amide bonds. The van der Waals surface area contributed by atoms with Crippen molar-refractivity contribution in [3.63, 3.8) is 0 Å². The summed E-state index contributed by atoms with van der Waals surface area (Å²) in [5.74, 6) is -0.588. The number of quaternary nitrogens is 1. The molecule has 3 rings (SSSR count). The van der Waals surface area contributed by atoms with Gasteiger partial charge in [-0.1, -0.05) is 11.6 Å². The highest BCUT2D eigenvalue weighted by atomic mass is 16.5. The molecule has 3 N–H and O–H groups in total. The van der Waals surface area contributed by atoms with E-state index in [0.29, 0.717) is 25.4 Å². The van der Waals surface area contributed by atoms with E-state index in [9.17, 15) is 9.59 Å². The number of fused-ring (bicyclic) bond motifs is 1. The molecule has 134 valence electrons. The summed E-state index contributed by atoms with van der Waals surface area (Å²) in [6.45, 7) is 7.32. The number of carbonyl (C=O) groups excluding carboxylic acids is 2. The first kappa shape index (κ1) is 17.4. The second-order valence-corrected chi connectivity index (χ2v) is 6.23. The normalized spacial score (nSPS) is 15.3. The molecule has 0 atom stereocenters. The quantitative estimate of drug-likeness (QED) is 0.689. The van der Waals surface area contributed by atoms with Crippen molar-refractivity contribution in [3.05, 3.63) is 29.5 Å². The maximum absolute atomic E-state index is 12.5. The first-order valence-corrected chi connectivity index (χ1v) is 8.59. The molecule has 2 aromatic rings. The summed E-state index contributed by atoms with van der Waals surface area (Å²) in [5.41, 5.74) is 2.63. The summed E-state index contributed by atoms with van der Waals surface area (Å²) in [7, 11) is 0. The summed E-state index contributed by atoms with van der Waals surface area (Å²) in [4.78, 5) is 29.0. The number of carbonyl (C=O) groups is 2. The number of aromatic nitrogens is 1. The van der Waals surface area contributed by atoms with Crippen molar-refractivity contribution >= 4 is 28.5 Å². The molecule has 1 aliphatic heterocycles. The van der Waals surface area contributed by atoms with Gasteiger partial charge in [-0.25, -0.2) is 4.79 Å². The highest BCUT2D eigenvalue weighted by Gasteiger charge is 2.23.